The van der Waals surface area contributed by atoms with Gasteiger partial charge in [0.25, 0.3) is 0 Å². The highest BCUT2D eigenvalue weighted by Gasteiger charge is 2.14. The van der Waals surface area contributed by atoms with Crippen LogP contribution in [0.2, 0.25) is 5.02 Å². The van der Waals surface area contributed by atoms with E-state index in [0.717, 1.165) is 5.39 Å². The lowest BCUT2D eigenvalue weighted by molar-refractivity contribution is 0.929. The molecule has 0 aromatic carbocycles. The molecule has 18 heavy (non-hydrogen) atoms. The smallest absolute Gasteiger partial charge is 0.201 e. The molecular weight excluding hydrogens is 256 g/mol. The predicted octanol–water partition coefficient (Wildman–Crippen LogP) is 1.04. The van der Waals surface area contributed by atoms with Gasteiger partial charge in [0.05, 0.1) is 22.8 Å². The zero-order valence-corrected chi connectivity index (χ0v) is 9.55. The average Bonchev–Trinajstić information content (AvgIpc) is 3.04. The largest absolute Gasteiger partial charge is 0.273 e. The minimum Gasteiger partial charge on any atom is -0.273 e. The Hall–Kier alpha value is -2.48. The van der Waals surface area contributed by atoms with E-state index in [-0.39, 0.29) is 0 Å². The summed E-state index contributed by atoms with van der Waals surface area (Å²) in [4.78, 5) is 8.58. The van der Waals surface area contributed by atoms with E-state index in [1.54, 1.807) is 17.0 Å². The average molecular weight is 261 g/mol. The Morgan fingerprint density at radius 1 is 1.17 bits per heavy atom. The summed E-state index contributed by atoms with van der Waals surface area (Å²) in [6.07, 6.45) is 4.73. The topological polar surface area (TPSA) is 100 Å². The number of hydrogen-bond acceptors (Lipinski definition) is 5. The highest BCUT2D eigenvalue weighted by Crippen LogP contribution is 2.23. The summed E-state index contributed by atoms with van der Waals surface area (Å²) in [6.45, 7) is 0. The van der Waals surface area contributed by atoms with Crippen molar-refractivity contribution in [1.29, 1.82) is 0 Å². The minimum atomic E-state index is 0.466. The van der Waals surface area contributed by atoms with Gasteiger partial charge >= 0.3 is 0 Å². The molecule has 88 valence electrons. The van der Waals surface area contributed by atoms with E-state index in [2.05, 4.69) is 35.5 Å². The summed E-state index contributed by atoms with van der Waals surface area (Å²) >= 11 is 5.98. The van der Waals surface area contributed by atoms with Crippen molar-refractivity contribution in [2.24, 2.45) is 0 Å². The van der Waals surface area contributed by atoms with Gasteiger partial charge in [-0.05, 0) is 0 Å². The molecule has 4 rings (SSSR count). The lowest BCUT2D eigenvalue weighted by Crippen LogP contribution is -1.90. The molecule has 4 aromatic rings. The van der Waals surface area contributed by atoms with Crippen molar-refractivity contribution in [3.63, 3.8) is 0 Å². The molecule has 4 heterocycles. The molecule has 0 saturated heterocycles. The number of rotatable bonds is 1. The van der Waals surface area contributed by atoms with Crippen LogP contribution in [-0.4, -0.2) is 40.0 Å². The van der Waals surface area contributed by atoms with Gasteiger partial charge in [-0.1, -0.05) is 11.6 Å². The van der Waals surface area contributed by atoms with Crippen molar-refractivity contribution in [3.8, 4) is 11.5 Å². The first kappa shape index (κ1) is 9.54. The first-order chi connectivity index (χ1) is 8.83. The predicted molar refractivity (Wildman–Crippen MR) is 63.0 cm³/mol. The molecular formula is C9H5ClN8. The first-order valence-electron chi connectivity index (χ1n) is 5.06. The van der Waals surface area contributed by atoms with Gasteiger partial charge in [0.1, 0.15) is 12.0 Å². The third kappa shape index (κ3) is 1.17. The van der Waals surface area contributed by atoms with Crippen LogP contribution in [-0.2, 0) is 0 Å². The molecule has 9 heteroatoms. The molecule has 0 unspecified atom stereocenters. The van der Waals surface area contributed by atoms with Crippen molar-refractivity contribution in [3.05, 3.63) is 23.7 Å². The SMILES string of the molecule is Clc1cn[nH]c1-c1nc2c3cn[nH]c3ncn2n1. The summed E-state index contributed by atoms with van der Waals surface area (Å²) in [6, 6.07) is 0. The fourth-order valence-corrected chi connectivity index (χ4v) is 1.95. The highest BCUT2D eigenvalue weighted by atomic mass is 35.5. The number of H-pyrrole nitrogens is 2. The molecule has 0 saturated carbocycles. The third-order valence-corrected chi connectivity index (χ3v) is 2.89. The molecule has 0 aliphatic heterocycles. The van der Waals surface area contributed by atoms with Gasteiger partial charge in [0, 0.05) is 0 Å². The fourth-order valence-electron chi connectivity index (χ4n) is 1.78. The second kappa shape index (κ2) is 3.26. The number of aromatic nitrogens is 8. The van der Waals surface area contributed by atoms with Crippen LogP contribution >= 0.6 is 11.6 Å². The monoisotopic (exact) mass is 260 g/mol. The molecule has 0 bridgehead atoms. The van der Waals surface area contributed by atoms with Crippen LogP contribution in [0.15, 0.2) is 18.7 Å². The molecule has 0 spiro atoms. The van der Waals surface area contributed by atoms with Gasteiger partial charge < -0.3 is 0 Å². The van der Waals surface area contributed by atoms with Crippen molar-refractivity contribution >= 4 is 28.3 Å². The lowest BCUT2D eigenvalue weighted by Gasteiger charge is -1.89. The molecule has 0 aliphatic carbocycles. The molecule has 0 amide bonds. The Morgan fingerprint density at radius 2 is 2.06 bits per heavy atom. The molecule has 8 nitrogen and oxygen atoms in total. The van der Waals surface area contributed by atoms with E-state index >= 15 is 0 Å². The number of fused-ring (bicyclic) bond motifs is 3. The Kier molecular flexibility index (Phi) is 1.73. The van der Waals surface area contributed by atoms with Crippen LogP contribution < -0.4 is 0 Å². The lowest BCUT2D eigenvalue weighted by atomic mass is 10.4. The standard InChI is InChI=1S/C9H5ClN8/c10-5-2-13-15-6(5)8-14-9-4-1-12-16-7(4)11-3-18(9)17-8/h1-3H,(H,12,16)(H,13,15). The van der Waals surface area contributed by atoms with E-state index in [1.807, 2.05) is 0 Å². The van der Waals surface area contributed by atoms with Crippen LogP contribution in [0, 0.1) is 0 Å². The van der Waals surface area contributed by atoms with Gasteiger partial charge in [-0.25, -0.2) is 14.5 Å². The van der Waals surface area contributed by atoms with E-state index in [9.17, 15) is 0 Å². The zero-order chi connectivity index (χ0) is 12.1. The molecule has 0 radical (unpaired) electrons. The first-order valence-corrected chi connectivity index (χ1v) is 5.44. The maximum Gasteiger partial charge on any atom is 0.201 e. The van der Waals surface area contributed by atoms with Crippen LogP contribution in [0.3, 0.4) is 0 Å². The van der Waals surface area contributed by atoms with Gasteiger partial charge in [-0.2, -0.15) is 10.2 Å². The maximum absolute atomic E-state index is 5.98. The van der Waals surface area contributed by atoms with Gasteiger partial charge in [-0.3, -0.25) is 10.2 Å². The molecule has 0 fully saturated rings. The second-order valence-corrected chi connectivity index (χ2v) is 4.08. The Morgan fingerprint density at radius 3 is 2.89 bits per heavy atom. The third-order valence-electron chi connectivity index (χ3n) is 2.60. The van der Waals surface area contributed by atoms with Crippen LogP contribution in [0.5, 0.6) is 0 Å². The summed E-state index contributed by atoms with van der Waals surface area (Å²) in [5.74, 6) is 0.466. The highest BCUT2D eigenvalue weighted by molar-refractivity contribution is 6.32. The van der Waals surface area contributed by atoms with E-state index in [0.29, 0.717) is 27.8 Å². The van der Waals surface area contributed by atoms with Crippen molar-refractivity contribution in [1.82, 2.24) is 40.0 Å². The molecule has 0 aliphatic rings. The Bertz CT molecular complexity index is 856. The molecule has 4 aromatic heterocycles. The van der Waals surface area contributed by atoms with Gasteiger partial charge in [-0.15, -0.1) is 5.10 Å². The quantitative estimate of drug-likeness (QED) is 0.533. The fraction of sp³-hybridized carbons (Fsp3) is 0. The minimum absolute atomic E-state index is 0.466. The van der Waals surface area contributed by atoms with Crippen molar-refractivity contribution in [2.75, 3.05) is 0 Å². The van der Waals surface area contributed by atoms with Crippen LogP contribution in [0.1, 0.15) is 0 Å². The number of halogens is 1. The molecule has 2 N–H and O–H groups in total. The number of hydrogen-bond donors (Lipinski definition) is 2. The molecule has 0 atom stereocenters. The number of nitrogens with one attached hydrogen (secondary N) is 2. The summed E-state index contributed by atoms with van der Waals surface area (Å²) in [5.41, 5.74) is 1.91. The Balaban J connectivity index is 2.07. The van der Waals surface area contributed by atoms with Crippen LogP contribution in [0.4, 0.5) is 0 Å². The van der Waals surface area contributed by atoms with E-state index in [1.165, 1.54) is 6.20 Å². The summed E-state index contributed by atoms with van der Waals surface area (Å²) in [7, 11) is 0. The number of aromatic amines is 2. The second-order valence-electron chi connectivity index (χ2n) is 3.67. The van der Waals surface area contributed by atoms with Gasteiger partial charge in [0.2, 0.25) is 5.82 Å². The van der Waals surface area contributed by atoms with Crippen LogP contribution in [0.25, 0.3) is 28.2 Å². The zero-order valence-electron chi connectivity index (χ0n) is 8.79. The van der Waals surface area contributed by atoms with E-state index in [4.69, 9.17) is 11.6 Å². The van der Waals surface area contributed by atoms with E-state index < -0.39 is 0 Å². The Labute approximate surface area is 104 Å². The maximum atomic E-state index is 5.98. The van der Waals surface area contributed by atoms with Gasteiger partial charge in [0.15, 0.2) is 11.3 Å². The van der Waals surface area contributed by atoms with Crippen molar-refractivity contribution in [2.45, 2.75) is 0 Å². The van der Waals surface area contributed by atoms with Crippen molar-refractivity contribution < 1.29 is 0 Å². The summed E-state index contributed by atoms with van der Waals surface area (Å²) in [5, 5.41) is 18.9. The normalized spacial score (nSPS) is 11.6. The summed E-state index contributed by atoms with van der Waals surface area (Å²) < 4.78 is 1.57. The number of nitrogens with zero attached hydrogens (tertiary/aromatic N) is 6.